The van der Waals surface area contributed by atoms with Crippen molar-refractivity contribution in [3.8, 4) is 17.6 Å². The molecule has 0 unspecified atom stereocenters. The summed E-state index contributed by atoms with van der Waals surface area (Å²) in [6.07, 6.45) is 1.74. The van der Waals surface area contributed by atoms with Gasteiger partial charge in [-0.25, -0.2) is 0 Å². The number of rotatable bonds is 5. The first kappa shape index (κ1) is 18.3. The minimum Gasteiger partial charge on any atom is -0.457 e. The summed E-state index contributed by atoms with van der Waals surface area (Å²) in [5, 5.41) is 9.86. The first-order valence-electron chi connectivity index (χ1n) is 9.78. The minimum absolute atomic E-state index is 0.351. The van der Waals surface area contributed by atoms with Gasteiger partial charge in [0.15, 0.2) is 0 Å². The minimum atomic E-state index is -0.351. The lowest BCUT2D eigenvalue weighted by molar-refractivity contribution is 0.179. The number of nitrogens with zero attached hydrogens (tertiary/aromatic N) is 2. The maximum atomic E-state index is 9.86. The molecule has 0 amide bonds. The van der Waals surface area contributed by atoms with Gasteiger partial charge in [-0.1, -0.05) is 60.7 Å². The quantitative estimate of drug-likeness (QED) is 0.593. The van der Waals surface area contributed by atoms with Crippen LogP contribution in [-0.4, -0.2) is 18.0 Å². The third-order valence-electron chi connectivity index (χ3n) is 5.53. The smallest absolute Gasteiger partial charge is 0.127 e. The van der Waals surface area contributed by atoms with Crippen LogP contribution in [0.25, 0.3) is 0 Å². The van der Waals surface area contributed by atoms with E-state index in [2.05, 4.69) is 35.2 Å². The molecule has 0 spiro atoms. The largest absolute Gasteiger partial charge is 0.457 e. The molecule has 3 nitrogen and oxygen atoms in total. The molecule has 1 saturated heterocycles. The fourth-order valence-electron chi connectivity index (χ4n) is 3.91. The molecule has 0 aromatic heterocycles. The predicted octanol–water partition coefficient (Wildman–Crippen LogP) is 5.54. The summed E-state index contributed by atoms with van der Waals surface area (Å²) in [6.45, 7) is 2.72. The van der Waals surface area contributed by atoms with E-state index in [-0.39, 0.29) is 5.41 Å². The lowest BCUT2D eigenvalue weighted by atomic mass is 9.74. The van der Waals surface area contributed by atoms with Crippen molar-refractivity contribution in [2.45, 2.75) is 24.8 Å². The van der Waals surface area contributed by atoms with E-state index in [1.165, 1.54) is 5.56 Å². The number of nitriles is 1. The van der Waals surface area contributed by atoms with Crippen LogP contribution in [0.15, 0.2) is 84.9 Å². The Hall–Kier alpha value is -3.09. The molecule has 0 radical (unpaired) electrons. The van der Waals surface area contributed by atoms with Crippen LogP contribution in [-0.2, 0) is 12.0 Å². The van der Waals surface area contributed by atoms with Gasteiger partial charge >= 0.3 is 0 Å². The van der Waals surface area contributed by atoms with Crippen LogP contribution >= 0.6 is 0 Å². The van der Waals surface area contributed by atoms with E-state index in [4.69, 9.17) is 4.74 Å². The maximum absolute atomic E-state index is 9.86. The van der Waals surface area contributed by atoms with Gasteiger partial charge in [0.25, 0.3) is 0 Å². The first-order chi connectivity index (χ1) is 13.8. The van der Waals surface area contributed by atoms with Crippen LogP contribution in [0, 0.1) is 11.3 Å². The van der Waals surface area contributed by atoms with E-state index >= 15 is 0 Å². The zero-order chi connectivity index (χ0) is 19.2. The number of hydrogen-bond acceptors (Lipinski definition) is 3. The second-order valence-corrected chi connectivity index (χ2v) is 7.40. The molecule has 3 heteroatoms. The van der Waals surface area contributed by atoms with Crippen LogP contribution in [0.2, 0.25) is 0 Å². The van der Waals surface area contributed by atoms with Crippen molar-refractivity contribution in [1.82, 2.24) is 4.90 Å². The Bertz CT molecular complexity index is 939. The standard InChI is InChI=1S/C25H24N2O/c26-20-25(22-9-3-1-4-10-22)14-16-27(17-15-25)19-21-8-7-13-24(18-21)28-23-11-5-2-6-12-23/h1-13,18H,14-17,19H2. The topological polar surface area (TPSA) is 36.3 Å². The van der Waals surface area contributed by atoms with E-state index in [1.54, 1.807) is 0 Å². The molecule has 0 saturated carbocycles. The Morgan fingerprint density at radius 2 is 1.46 bits per heavy atom. The fourth-order valence-corrected chi connectivity index (χ4v) is 3.91. The molecular formula is C25H24N2O. The van der Waals surface area contributed by atoms with Crippen molar-refractivity contribution in [3.05, 3.63) is 96.1 Å². The molecule has 3 aromatic carbocycles. The summed E-state index contributed by atoms with van der Waals surface area (Å²) in [6, 6.07) is 31.0. The molecule has 0 atom stereocenters. The highest BCUT2D eigenvalue weighted by atomic mass is 16.5. The van der Waals surface area contributed by atoms with E-state index in [1.807, 2.05) is 60.7 Å². The Balaban J connectivity index is 1.40. The highest BCUT2D eigenvalue weighted by molar-refractivity contribution is 5.35. The van der Waals surface area contributed by atoms with E-state index in [9.17, 15) is 5.26 Å². The molecule has 28 heavy (non-hydrogen) atoms. The summed E-state index contributed by atoms with van der Waals surface area (Å²) >= 11 is 0. The number of para-hydroxylation sites is 1. The second-order valence-electron chi connectivity index (χ2n) is 7.40. The third-order valence-corrected chi connectivity index (χ3v) is 5.53. The number of hydrogen-bond donors (Lipinski definition) is 0. The highest BCUT2D eigenvalue weighted by Crippen LogP contribution is 2.35. The average Bonchev–Trinajstić information content (AvgIpc) is 2.76. The number of piperidine rings is 1. The lowest BCUT2D eigenvalue weighted by Crippen LogP contribution is -2.41. The molecule has 1 heterocycles. The molecule has 1 fully saturated rings. The van der Waals surface area contributed by atoms with Crippen molar-refractivity contribution in [2.75, 3.05) is 13.1 Å². The van der Waals surface area contributed by atoms with Crippen LogP contribution in [0.4, 0.5) is 0 Å². The Labute approximate surface area is 166 Å². The normalized spacial score (nSPS) is 16.2. The van der Waals surface area contributed by atoms with Gasteiger partial charge in [0.05, 0.1) is 11.5 Å². The molecule has 0 aliphatic carbocycles. The summed E-state index contributed by atoms with van der Waals surface area (Å²) in [7, 11) is 0. The van der Waals surface area contributed by atoms with Crippen molar-refractivity contribution < 1.29 is 4.74 Å². The monoisotopic (exact) mass is 368 g/mol. The van der Waals surface area contributed by atoms with Gasteiger partial charge in [0.1, 0.15) is 11.5 Å². The van der Waals surface area contributed by atoms with E-state index in [0.29, 0.717) is 0 Å². The molecule has 0 bridgehead atoms. The molecule has 3 aromatic rings. The van der Waals surface area contributed by atoms with Crippen LogP contribution in [0.3, 0.4) is 0 Å². The van der Waals surface area contributed by atoms with Gasteiger partial charge in [-0.3, -0.25) is 4.90 Å². The maximum Gasteiger partial charge on any atom is 0.127 e. The number of benzene rings is 3. The van der Waals surface area contributed by atoms with Crippen molar-refractivity contribution in [1.29, 1.82) is 5.26 Å². The SMILES string of the molecule is N#CC1(c2ccccc2)CCN(Cc2cccc(Oc3ccccc3)c2)CC1. The van der Waals surface area contributed by atoms with E-state index < -0.39 is 0 Å². The van der Waals surface area contributed by atoms with Crippen LogP contribution in [0.1, 0.15) is 24.0 Å². The van der Waals surface area contributed by atoms with Gasteiger partial charge < -0.3 is 4.74 Å². The van der Waals surface area contributed by atoms with Crippen molar-refractivity contribution in [2.24, 2.45) is 0 Å². The Kier molecular flexibility index (Phi) is 5.41. The van der Waals surface area contributed by atoms with Crippen LogP contribution in [0.5, 0.6) is 11.5 Å². The fraction of sp³-hybridized carbons (Fsp3) is 0.240. The molecule has 1 aliphatic heterocycles. The average molecular weight is 368 g/mol. The Morgan fingerprint density at radius 3 is 2.14 bits per heavy atom. The van der Waals surface area contributed by atoms with Gasteiger partial charge in [-0.15, -0.1) is 0 Å². The first-order valence-corrected chi connectivity index (χ1v) is 9.78. The van der Waals surface area contributed by atoms with Crippen LogP contribution < -0.4 is 4.74 Å². The van der Waals surface area contributed by atoms with Gasteiger partial charge in [-0.05, 0) is 48.2 Å². The third kappa shape index (κ3) is 4.08. The second kappa shape index (κ2) is 8.29. The Morgan fingerprint density at radius 1 is 0.821 bits per heavy atom. The zero-order valence-electron chi connectivity index (χ0n) is 15.9. The van der Waals surface area contributed by atoms with Crippen molar-refractivity contribution >= 4 is 0 Å². The highest BCUT2D eigenvalue weighted by Gasteiger charge is 2.36. The molecule has 1 aliphatic rings. The summed E-state index contributed by atoms with van der Waals surface area (Å²) in [5.41, 5.74) is 2.03. The molecular weight excluding hydrogens is 344 g/mol. The number of likely N-dealkylation sites (tertiary alicyclic amines) is 1. The number of ether oxygens (including phenoxy) is 1. The lowest BCUT2D eigenvalue weighted by Gasteiger charge is -2.37. The van der Waals surface area contributed by atoms with Gasteiger partial charge in [0.2, 0.25) is 0 Å². The molecule has 140 valence electrons. The summed E-state index contributed by atoms with van der Waals surface area (Å²) in [5.74, 6) is 1.70. The van der Waals surface area contributed by atoms with Crippen molar-refractivity contribution in [3.63, 3.8) is 0 Å². The summed E-state index contributed by atoms with van der Waals surface area (Å²) < 4.78 is 5.95. The molecule has 4 rings (SSSR count). The zero-order valence-corrected chi connectivity index (χ0v) is 15.9. The molecule has 0 N–H and O–H groups in total. The predicted molar refractivity (Wildman–Crippen MR) is 111 cm³/mol. The van der Waals surface area contributed by atoms with Gasteiger partial charge in [-0.2, -0.15) is 5.26 Å². The van der Waals surface area contributed by atoms with Gasteiger partial charge in [0, 0.05) is 19.6 Å². The summed E-state index contributed by atoms with van der Waals surface area (Å²) in [4.78, 5) is 2.43. The van der Waals surface area contributed by atoms with E-state index in [0.717, 1.165) is 49.5 Å².